The molecule has 5 nitrogen and oxygen atoms in total. The molecule has 0 aromatic rings. The smallest absolute Gasteiger partial charge is 0.317 e. The molecule has 0 aromatic heterocycles. The number of rotatable bonds is 3. The topological polar surface area (TPSA) is 52.7 Å². The minimum absolute atomic E-state index is 0.00784. The molecule has 2 rings (SSSR count). The van der Waals surface area contributed by atoms with Crippen LogP contribution >= 0.6 is 0 Å². The Morgan fingerprint density at radius 2 is 1.57 bits per heavy atom. The van der Waals surface area contributed by atoms with Gasteiger partial charge in [-0.25, -0.2) is 4.79 Å². The van der Waals surface area contributed by atoms with Crippen molar-refractivity contribution in [2.24, 2.45) is 11.8 Å². The molecule has 0 spiro atoms. The molecule has 1 heterocycles. The van der Waals surface area contributed by atoms with Gasteiger partial charge in [0.1, 0.15) is 0 Å². The number of hydrogen-bond donors (Lipinski definition) is 1. The lowest BCUT2D eigenvalue weighted by atomic mass is 9.88. The Morgan fingerprint density at radius 1 is 1.00 bits per heavy atom. The van der Waals surface area contributed by atoms with Crippen molar-refractivity contribution in [1.29, 1.82) is 0 Å². The van der Waals surface area contributed by atoms with E-state index in [0.29, 0.717) is 44.5 Å². The Morgan fingerprint density at radius 3 is 2.14 bits per heavy atom. The van der Waals surface area contributed by atoms with E-state index >= 15 is 0 Å². The summed E-state index contributed by atoms with van der Waals surface area (Å²) in [5.74, 6) is 1.01. The van der Waals surface area contributed by atoms with Crippen LogP contribution in [0.1, 0.15) is 46.0 Å². The van der Waals surface area contributed by atoms with Gasteiger partial charge in [0, 0.05) is 38.6 Å². The highest BCUT2D eigenvalue weighted by Crippen LogP contribution is 2.25. The van der Waals surface area contributed by atoms with Crippen LogP contribution in [-0.2, 0) is 4.79 Å². The molecule has 0 radical (unpaired) electrons. The van der Waals surface area contributed by atoms with Crippen molar-refractivity contribution in [1.82, 2.24) is 15.1 Å². The summed E-state index contributed by atoms with van der Waals surface area (Å²) in [5.41, 5.74) is 0. The van der Waals surface area contributed by atoms with E-state index in [9.17, 15) is 9.59 Å². The maximum absolute atomic E-state index is 12.5. The van der Waals surface area contributed by atoms with E-state index in [2.05, 4.69) is 19.2 Å². The van der Waals surface area contributed by atoms with Gasteiger partial charge in [-0.05, 0) is 18.8 Å². The first-order valence-corrected chi connectivity index (χ1v) is 8.39. The number of piperazine rings is 1. The van der Waals surface area contributed by atoms with E-state index in [4.69, 9.17) is 0 Å². The van der Waals surface area contributed by atoms with Gasteiger partial charge in [-0.2, -0.15) is 0 Å². The third kappa shape index (κ3) is 4.61. The van der Waals surface area contributed by atoms with Gasteiger partial charge in [0.05, 0.1) is 0 Å². The van der Waals surface area contributed by atoms with Crippen LogP contribution in [0.2, 0.25) is 0 Å². The van der Waals surface area contributed by atoms with Crippen LogP contribution in [0, 0.1) is 11.8 Å². The average molecular weight is 295 g/mol. The first kappa shape index (κ1) is 16.1. The van der Waals surface area contributed by atoms with Gasteiger partial charge in [0.25, 0.3) is 0 Å². The van der Waals surface area contributed by atoms with Crippen molar-refractivity contribution in [3.8, 4) is 0 Å². The van der Waals surface area contributed by atoms with Crippen LogP contribution in [0.5, 0.6) is 0 Å². The van der Waals surface area contributed by atoms with Gasteiger partial charge < -0.3 is 15.1 Å². The molecule has 3 amide bonds. The summed E-state index contributed by atoms with van der Waals surface area (Å²) in [7, 11) is 0. The monoisotopic (exact) mass is 295 g/mol. The lowest BCUT2D eigenvalue weighted by Gasteiger charge is -2.37. The van der Waals surface area contributed by atoms with Crippen LogP contribution in [0.4, 0.5) is 4.79 Å². The maximum atomic E-state index is 12.5. The zero-order valence-corrected chi connectivity index (χ0v) is 13.4. The molecule has 1 saturated carbocycles. The highest BCUT2D eigenvalue weighted by Gasteiger charge is 2.29. The number of urea groups is 1. The summed E-state index contributed by atoms with van der Waals surface area (Å²) in [6.07, 6.45) is 5.75. The predicted molar refractivity (Wildman–Crippen MR) is 83.0 cm³/mol. The molecule has 5 heteroatoms. The first-order valence-electron chi connectivity index (χ1n) is 8.39. The molecule has 1 N–H and O–H groups in total. The fourth-order valence-corrected chi connectivity index (χ4v) is 3.14. The molecule has 0 atom stereocenters. The fourth-order valence-electron chi connectivity index (χ4n) is 3.14. The van der Waals surface area contributed by atoms with Crippen molar-refractivity contribution >= 4 is 11.9 Å². The molecule has 2 aliphatic rings. The van der Waals surface area contributed by atoms with Crippen LogP contribution in [-0.4, -0.2) is 54.5 Å². The molecule has 120 valence electrons. The minimum Gasteiger partial charge on any atom is -0.339 e. The maximum Gasteiger partial charge on any atom is 0.317 e. The highest BCUT2D eigenvalue weighted by atomic mass is 16.2. The summed E-state index contributed by atoms with van der Waals surface area (Å²) >= 11 is 0. The second kappa shape index (κ2) is 7.66. The Kier molecular flexibility index (Phi) is 5.88. The van der Waals surface area contributed by atoms with Gasteiger partial charge in [0.2, 0.25) is 5.91 Å². The number of nitrogens with one attached hydrogen (secondary N) is 1. The quantitative estimate of drug-likeness (QED) is 0.866. The molecular formula is C16H29N3O2. The van der Waals surface area contributed by atoms with E-state index in [-0.39, 0.29) is 11.9 Å². The van der Waals surface area contributed by atoms with Crippen LogP contribution in [0.3, 0.4) is 0 Å². The summed E-state index contributed by atoms with van der Waals surface area (Å²) in [5, 5.41) is 2.94. The Hall–Kier alpha value is -1.26. The number of hydrogen-bond acceptors (Lipinski definition) is 2. The summed E-state index contributed by atoms with van der Waals surface area (Å²) in [6.45, 7) is 7.56. The minimum atomic E-state index is 0.00784. The third-order valence-corrected chi connectivity index (χ3v) is 4.49. The molecule has 0 aromatic carbocycles. The number of amides is 3. The van der Waals surface area contributed by atoms with Crippen molar-refractivity contribution < 1.29 is 9.59 Å². The molecule has 1 aliphatic carbocycles. The summed E-state index contributed by atoms with van der Waals surface area (Å²) in [6, 6.07) is 0.00784. The molecule has 21 heavy (non-hydrogen) atoms. The number of carbonyl (C=O) groups is 2. The third-order valence-electron chi connectivity index (χ3n) is 4.49. The predicted octanol–water partition coefficient (Wildman–Crippen LogP) is 2.08. The van der Waals surface area contributed by atoms with E-state index < -0.39 is 0 Å². The molecule has 1 aliphatic heterocycles. The molecule has 0 bridgehead atoms. The van der Waals surface area contributed by atoms with Gasteiger partial charge in [0.15, 0.2) is 0 Å². The molecule has 0 unspecified atom stereocenters. The highest BCUT2D eigenvalue weighted by molar-refractivity contribution is 5.79. The van der Waals surface area contributed by atoms with Gasteiger partial charge >= 0.3 is 6.03 Å². The van der Waals surface area contributed by atoms with E-state index in [1.165, 1.54) is 19.3 Å². The first-order chi connectivity index (χ1) is 10.1. The number of nitrogens with zero attached hydrogens (tertiary/aromatic N) is 2. The molecule has 2 fully saturated rings. The molecule has 1 saturated heterocycles. The van der Waals surface area contributed by atoms with Crippen molar-refractivity contribution in [3.63, 3.8) is 0 Å². The van der Waals surface area contributed by atoms with Crippen molar-refractivity contribution in [2.45, 2.75) is 46.0 Å². The SMILES string of the molecule is CC(C)CNC(=O)N1CCN(C(=O)C2CCCCC2)CC1. The van der Waals surface area contributed by atoms with E-state index in [1.807, 2.05) is 9.80 Å². The zero-order chi connectivity index (χ0) is 15.2. The van der Waals surface area contributed by atoms with Crippen molar-refractivity contribution in [2.75, 3.05) is 32.7 Å². The van der Waals surface area contributed by atoms with Gasteiger partial charge in [-0.15, -0.1) is 0 Å². The Labute approximate surface area is 128 Å². The Balaban J connectivity index is 1.74. The summed E-state index contributed by atoms with van der Waals surface area (Å²) in [4.78, 5) is 28.2. The molecular weight excluding hydrogens is 266 g/mol. The van der Waals surface area contributed by atoms with Crippen molar-refractivity contribution in [3.05, 3.63) is 0 Å². The van der Waals surface area contributed by atoms with E-state index in [1.54, 1.807) is 0 Å². The van der Waals surface area contributed by atoms with E-state index in [0.717, 1.165) is 12.8 Å². The lowest BCUT2D eigenvalue weighted by Crippen LogP contribution is -2.54. The normalized spacial score (nSPS) is 20.7. The van der Waals surface area contributed by atoms with Gasteiger partial charge in [-0.1, -0.05) is 33.1 Å². The lowest BCUT2D eigenvalue weighted by molar-refractivity contribution is -0.138. The largest absolute Gasteiger partial charge is 0.339 e. The van der Waals surface area contributed by atoms with Crippen LogP contribution in [0.15, 0.2) is 0 Å². The van der Waals surface area contributed by atoms with Gasteiger partial charge in [-0.3, -0.25) is 4.79 Å². The second-order valence-electron chi connectivity index (χ2n) is 6.73. The van der Waals surface area contributed by atoms with Crippen LogP contribution in [0.25, 0.3) is 0 Å². The average Bonchev–Trinajstić information content (AvgIpc) is 2.53. The Bertz CT molecular complexity index is 357. The number of carbonyl (C=O) groups excluding carboxylic acids is 2. The van der Waals surface area contributed by atoms with Crippen LogP contribution < -0.4 is 5.32 Å². The summed E-state index contributed by atoms with van der Waals surface area (Å²) < 4.78 is 0. The standard InChI is InChI=1S/C16H29N3O2/c1-13(2)12-17-16(21)19-10-8-18(9-11-19)15(20)14-6-4-3-5-7-14/h13-14H,3-12H2,1-2H3,(H,17,21). The second-order valence-corrected chi connectivity index (χ2v) is 6.73. The zero-order valence-electron chi connectivity index (χ0n) is 13.4. The fraction of sp³-hybridized carbons (Fsp3) is 0.875.